The maximum atomic E-state index is 11.5. The Morgan fingerprint density at radius 3 is 2.46 bits per heavy atom. The lowest BCUT2D eigenvalue weighted by Gasteiger charge is -2.16. The van der Waals surface area contributed by atoms with Crippen molar-refractivity contribution in [2.75, 3.05) is 40.5 Å². The minimum Gasteiger partial charge on any atom is -0.496 e. The van der Waals surface area contributed by atoms with E-state index in [1.807, 2.05) is 0 Å². The number of anilines is 1. The van der Waals surface area contributed by atoms with E-state index >= 15 is 0 Å². The Morgan fingerprint density at radius 2 is 1.86 bits per heavy atom. The summed E-state index contributed by atoms with van der Waals surface area (Å²) in [4.78, 5) is 15.8. The van der Waals surface area contributed by atoms with Gasteiger partial charge < -0.3 is 23.7 Å². The largest absolute Gasteiger partial charge is 0.496 e. The van der Waals surface area contributed by atoms with Crippen LogP contribution < -0.4 is 24.4 Å². The summed E-state index contributed by atoms with van der Waals surface area (Å²) < 4.78 is 26.5. The molecule has 0 spiro atoms. The highest BCUT2D eigenvalue weighted by molar-refractivity contribution is 7.13. The van der Waals surface area contributed by atoms with Crippen molar-refractivity contribution < 1.29 is 28.5 Å². The van der Waals surface area contributed by atoms with Crippen LogP contribution >= 0.6 is 11.3 Å². The molecule has 0 saturated carbocycles. The number of hydrazone groups is 1. The van der Waals surface area contributed by atoms with Gasteiger partial charge >= 0.3 is 5.97 Å². The quantitative estimate of drug-likeness (QED) is 0.363. The fourth-order valence-corrected chi connectivity index (χ4v) is 3.06. The van der Waals surface area contributed by atoms with Crippen LogP contribution in [0.4, 0.5) is 5.13 Å². The molecule has 1 aromatic heterocycles. The highest BCUT2D eigenvalue weighted by atomic mass is 32.1. The minimum atomic E-state index is -0.317. The molecule has 0 atom stereocenters. The standard InChI is InChI=1S/C18H23N3O6S/c1-6-27-15(22)7-11-10-28-18(20-11)21-19-9-12-13(23-2)8-14(24-3)17(26-5)16(12)25-4/h8-10H,6-7H2,1-5H3,(H,20,21). The van der Waals surface area contributed by atoms with Crippen LogP contribution in [0.5, 0.6) is 23.0 Å². The van der Waals surface area contributed by atoms with E-state index in [1.54, 1.807) is 18.4 Å². The second kappa shape index (κ2) is 10.4. The van der Waals surface area contributed by atoms with Gasteiger partial charge in [-0.15, -0.1) is 11.3 Å². The first kappa shape index (κ1) is 21.3. The van der Waals surface area contributed by atoms with Crippen molar-refractivity contribution in [2.24, 2.45) is 5.10 Å². The number of ether oxygens (including phenoxy) is 5. The third-order valence-electron chi connectivity index (χ3n) is 3.59. The van der Waals surface area contributed by atoms with E-state index in [0.717, 1.165) is 0 Å². The first-order valence-corrected chi connectivity index (χ1v) is 9.21. The second-order valence-corrected chi connectivity index (χ2v) is 6.12. The van der Waals surface area contributed by atoms with Crippen molar-refractivity contribution in [3.05, 3.63) is 22.7 Å². The van der Waals surface area contributed by atoms with E-state index in [-0.39, 0.29) is 12.4 Å². The Morgan fingerprint density at radius 1 is 1.14 bits per heavy atom. The zero-order valence-corrected chi connectivity index (χ0v) is 17.2. The first-order valence-electron chi connectivity index (χ1n) is 8.33. The van der Waals surface area contributed by atoms with Crippen LogP contribution in [-0.4, -0.2) is 52.2 Å². The van der Waals surface area contributed by atoms with Crippen molar-refractivity contribution in [1.82, 2.24) is 4.98 Å². The van der Waals surface area contributed by atoms with Crippen molar-refractivity contribution >= 4 is 28.7 Å². The summed E-state index contributed by atoms with van der Waals surface area (Å²) in [6.07, 6.45) is 1.65. The SMILES string of the molecule is CCOC(=O)Cc1csc(NN=Cc2c(OC)cc(OC)c(OC)c2OC)n1. The maximum absolute atomic E-state index is 11.5. The van der Waals surface area contributed by atoms with Gasteiger partial charge in [-0.1, -0.05) is 0 Å². The first-order chi connectivity index (χ1) is 13.6. The molecule has 0 fully saturated rings. The van der Waals surface area contributed by atoms with E-state index < -0.39 is 0 Å². The molecule has 1 heterocycles. The van der Waals surface area contributed by atoms with E-state index in [1.165, 1.54) is 46.0 Å². The normalized spacial score (nSPS) is 10.6. The molecule has 0 radical (unpaired) electrons. The predicted molar refractivity (Wildman–Crippen MR) is 106 cm³/mol. The number of rotatable bonds is 10. The lowest BCUT2D eigenvalue weighted by Crippen LogP contribution is -2.07. The number of nitrogens with zero attached hydrogens (tertiary/aromatic N) is 2. The summed E-state index contributed by atoms with van der Waals surface area (Å²) in [6, 6.07) is 1.68. The van der Waals surface area contributed by atoms with Gasteiger partial charge in [-0.2, -0.15) is 5.10 Å². The molecule has 0 saturated heterocycles. The Labute approximate surface area is 167 Å². The molecule has 0 bridgehead atoms. The third-order valence-corrected chi connectivity index (χ3v) is 4.38. The molecule has 0 aliphatic carbocycles. The number of aromatic nitrogens is 1. The van der Waals surface area contributed by atoms with Gasteiger partial charge in [0.05, 0.1) is 58.9 Å². The summed E-state index contributed by atoms with van der Waals surface area (Å²) in [5.74, 6) is 1.51. The smallest absolute Gasteiger partial charge is 0.311 e. The lowest BCUT2D eigenvalue weighted by atomic mass is 10.1. The average molecular weight is 409 g/mol. The van der Waals surface area contributed by atoms with Crippen molar-refractivity contribution in [3.63, 3.8) is 0 Å². The molecule has 2 rings (SSSR count). The number of nitrogens with one attached hydrogen (secondary N) is 1. The minimum absolute atomic E-state index is 0.118. The number of thiazole rings is 1. The molecule has 28 heavy (non-hydrogen) atoms. The van der Waals surface area contributed by atoms with Gasteiger partial charge in [0.15, 0.2) is 11.5 Å². The maximum Gasteiger partial charge on any atom is 0.311 e. The van der Waals surface area contributed by atoms with Crippen molar-refractivity contribution in [2.45, 2.75) is 13.3 Å². The van der Waals surface area contributed by atoms with Crippen LogP contribution in [0.3, 0.4) is 0 Å². The molecule has 1 aromatic carbocycles. The Hall–Kier alpha value is -3.01. The number of carbonyl (C=O) groups is 1. The zero-order valence-electron chi connectivity index (χ0n) is 16.4. The Kier molecular flexibility index (Phi) is 7.88. The predicted octanol–water partition coefficient (Wildman–Crippen LogP) is 2.73. The number of benzene rings is 1. The molecule has 10 heteroatoms. The molecule has 9 nitrogen and oxygen atoms in total. The molecule has 2 aromatic rings. The molecule has 152 valence electrons. The fraction of sp³-hybridized carbons (Fsp3) is 0.389. The molecule has 1 N–H and O–H groups in total. The van der Waals surface area contributed by atoms with Crippen molar-refractivity contribution in [3.8, 4) is 23.0 Å². The molecular formula is C18H23N3O6S. The molecule has 0 aliphatic heterocycles. The van der Waals surface area contributed by atoms with Crippen LogP contribution in [0.15, 0.2) is 16.5 Å². The van der Waals surface area contributed by atoms with Crippen LogP contribution in [0.1, 0.15) is 18.2 Å². The van der Waals surface area contributed by atoms with Gasteiger partial charge in [-0.25, -0.2) is 4.98 Å². The monoisotopic (exact) mass is 409 g/mol. The molecule has 0 amide bonds. The summed E-state index contributed by atoms with van der Waals surface area (Å²) in [7, 11) is 6.10. The Balaban J connectivity index is 2.20. The Bertz CT molecular complexity index is 837. The summed E-state index contributed by atoms with van der Waals surface area (Å²) in [6.45, 7) is 2.10. The number of esters is 1. The summed E-state index contributed by atoms with van der Waals surface area (Å²) >= 11 is 1.33. The van der Waals surface area contributed by atoms with E-state index in [0.29, 0.717) is 46.0 Å². The topological polar surface area (TPSA) is 101 Å². The van der Waals surface area contributed by atoms with Crippen LogP contribution in [-0.2, 0) is 16.0 Å². The van der Waals surface area contributed by atoms with Gasteiger partial charge in [-0.05, 0) is 6.92 Å². The van der Waals surface area contributed by atoms with Gasteiger partial charge in [0.1, 0.15) is 5.75 Å². The number of methoxy groups -OCH3 is 4. The summed E-state index contributed by atoms with van der Waals surface area (Å²) in [5, 5.41) is 6.50. The van der Waals surface area contributed by atoms with Crippen LogP contribution in [0.25, 0.3) is 0 Å². The van der Waals surface area contributed by atoms with Gasteiger partial charge in [0, 0.05) is 11.4 Å². The van der Waals surface area contributed by atoms with E-state index in [2.05, 4.69) is 15.5 Å². The van der Waals surface area contributed by atoms with Gasteiger partial charge in [0.25, 0.3) is 0 Å². The van der Waals surface area contributed by atoms with E-state index in [9.17, 15) is 4.79 Å². The summed E-state index contributed by atoms with van der Waals surface area (Å²) in [5.41, 5.74) is 4.01. The average Bonchev–Trinajstić information content (AvgIpc) is 3.14. The highest BCUT2D eigenvalue weighted by Crippen LogP contribution is 2.44. The van der Waals surface area contributed by atoms with E-state index in [4.69, 9.17) is 23.7 Å². The molecule has 0 unspecified atom stereocenters. The van der Waals surface area contributed by atoms with Crippen molar-refractivity contribution in [1.29, 1.82) is 0 Å². The number of carbonyl (C=O) groups excluding carboxylic acids is 1. The molecular weight excluding hydrogens is 386 g/mol. The van der Waals surface area contributed by atoms with Gasteiger partial charge in [0.2, 0.25) is 10.9 Å². The fourth-order valence-electron chi connectivity index (χ4n) is 2.40. The van der Waals surface area contributed by atoms with Crippen LogP contribution in [0.2, 0.25) is 0 Å². The second-order valence-electron chi connectivity index (χ2n) is 5.26. The van der Waals surface area contributed by atoms with Crippen LogP contribution in [0, 0.1) is 0 Å². The van der Waals surface area contributed by atoms with Gasteiger partial charge in [-0.3, -0.25) is 10.2 Å². The number of hydrogen-bond donors (Lipinski definition) is 1. The lowest BCUT2D eigenvalue weighted by molar-refractivity contribution is -0.142. The highest BCUT2D eigenvalue weighted by Gasteiger charge is 2.20. The zero-order chi connectivity index (χ0) is 20.5. The third kappa shape index (κ3) is 5.03. The molecule has 0 aliphatic rings. The number of hydrogen-bond acceptors (Lipinski definition) is 10.